The molecule has 146 valence electrons. The Hall–Kier alpha value is -2.67. The zero-order chi connectivity index (χ0) is 19.8. The van der Waals surface area contributed by atoms with Crippen molar-refractivity contribution in [3.05, 3.63) is 40.5 Å². The summed E-state index contributed by atoms with van der Waals surface area (Å²) < 4.78 is 0. The summed E-state index contributed by atoms with van der Waals surface area (Å²) in [5.74, 6) is -1.19. The first-order valence-electron chi connectivity index (χ1n) is 9.38. The van der Waals surface area contributed by atoms with E-state index in [1.807, 2.05) is 19.1 Å². The van der Waals surface area contributed by atoms with Gasteiger partial charge in [-0.15, -0.1) is 0 Å². The van der Waals surface area contributed by atoms with Crippen LogP contribution in [-0.4, -0.2) is 64.7 Å². The van der Waals surface area contributed by atoms with Crippen molar-refractivity contribution in [2.75, 3.05) is 26.2 Å². The van der Waals surface area contributed by atoms with Crippen molar-refractivity contribution in [3.8, 4) is 0 Å². The number of nitrogens with zero attached hydrogens (tertiary/aromatic N) is 3. The Morgan fingerprint density at radius 3 is 2.43 bits per heavy atom. The first kappa shape index (κ1) is 18.7. The number of halogens is 1. The molecule has 0 unspecified atom stereocenters. The summed E-state index contributed by atoms with van der Waals surface area (Å²) in [4.78, 5) is 44.8. The van der Waals surface area contributed by atoms with Crippen molar-refractivity contribution in [1.82, 2.24) is 20.1 Å². The minimum atomic E-state index is -0.547. The molecule has 2 aliphatic rings. The number of nitrogens with one attached hydrogen (secondary N) is 1. The molecule has 1 aliphatic heterocycles. The van der Waals surface area contributed by atoms with Gasteiger partial charge in [0, 0.05) is 42.6 Å². The quantitative estimate of drug-likeness (QED) is 0.779. The van der Waals surface area contributed by atoms with Crippen LogP contribution in [0.5, 0.6) is 0 Å². The molecule has 1 aliphatic carbocycles. The lowest BCUT2D eigenvalue weighted by molar-refractivity contribution is -0.146. The van der Waals surface area contributed by atoms with Gasteiger partial charge in [0.2, 0.25) is 0 Å². The number of carbonyl (C=O) groups excluding carboxylic acids is 3. The molecular weight excluding hydrogens is 380 g/mol. The Kier molecular flexibility index (Phi) is 4.93. The van der Waals surface area contributed by atoms with Gasteiger partial charge in [-0.25, -0.2) is 0 Å². The standard InChI is InChI=1S/C20H21ClN4O3/c1-12-16(11-13-10-14(21)2-5-17(13)22-12)19(27)24-6-8-25(9-7-24)20(28)18(26)23-15-3-4-15/h2,5,10-11,15H,3-4,6-9H2,1H3,(H,23,26). The lowest BCUT2D eigenvalue weighted by Gasteiger charge is -2.34. The van der Waals surface area contributed by atoms with E-state index in [-0.39, 0.29) is 11.9 Å². The molecule has 2 heterocycles. The van der Waals surface area contributed by atoms with Crippen LogP contribution in [0.15, 0.2) is 24.3 Å². The number of hydrogen-bond acceptors (Lipinski definition) is 4. The van der Waals surface area contributed by atoms with Crippen LogP contribution in [0.4, 0.5) is 0 Å². The van der Waals surface area contributed by atoms with Crippen LogP contribution in [-0.2, 0) is 9.59 Å². The Morgan fingerprint density at radius 2 is 1.75 bits per heavy atom. The molecule has 1 aromatic heterocycles. The number of aryl methyl sites for hydroxylation is 1. The van der Waals surface area contributed by atoms with Gasteiger partial charge in [-0.3, -0.25) is 19.4 Å². The molecule has 0 atom stereocenters. The third-order valence-corrected chi connectivity index (χ3v) is 5.39. The maximum Gasteiger partial charge on any atom is 0.312 e. The van der Waals surface area contributed by atoms with Crippen molar-refractivity contribution in [2.24, 2.45) is 0 Å². The Morgan fingerprint density at radius 1 is 1.07 bits per heavy atom. The zero-order valence-electron chi connectivity index (χ0n) is 15.6. The van der Waals surface area contributed by atoms with E-state index in [0.717, 1.165) is 23.7 Å². The summed E-state index contributed by atoms with van der Waals surface area (Å²) in [7, 11) is 0. The largest absolute Gasteiger partial charge is 0.345 e. The van der Waals surface area contributed by atoms with Crippen LogP contribution in [0.3, 0.4) is 0 Å². The summed E-state index contributed by atoms with van der Waals surface area (Å²) in [6, 6.07) is 7.35. The molecule has 4 rings (SSSR count). The summed E-state index contributed by atoms with van der Waals surface area (Å²) in [6.07, 6.45) is 1.87. The van der Waals surface area contributed by atoms with Crippen molar-refractivity contribution >= 4 is 40.2 Å². The van der Waals surface area contributed by atoms with E-state index < -0.39 is 11.8 Å². The van der Waals surface area contributed by atoms with Gasteiger partial charge in [0.15, 0.2) is 0 Å². The SMILES string of the molecule is Cc1nc2ccc(Cl)cc2cc1C(=O)N1CCN(C(=O)C(=O)NC2CC2)CC1. The molecule has 1 N–H and O–H groups in total. The average Bonchev–Trinajstić information content (AvgIpc) is 3.50. The van der Waals surface area contributed by atoms with Crippen LogP contribution >= 0.6 is 11.6 Å². The highest BCUT2D eigenvalue weighted by atomic mass is 35.5. The molecule has 8 heteroatoms. The van der Waals surface area contributed by atoms with Crippen LogP contribution in [0, 0.1) is 6.92 Å². The van der Waals surface area contributed by atoms with E-state index in [1.54, 1.807) is 17.0 Å². The van der Waals surface area contributed by atoms with E-state index >= 15 is 0 Å². The predicted octanol–water partition coefficient (Wildman–Crippen LogP) is 1.76. The van der Waals surface area contributed by atoms with E-state index in [9.17, 15) is 14.4 Å². The molecule has 3 amide bonds. The molecular formula is C20H21ClN4O3. The maximum atomic E-state index is 13.0. The Labute approximate surface area is 167 Å². The second-order valence-electron chi connectivity index (χ2n) is 7.29. The number of rotatable bonds is 2. The van der Waals surface area contributed by atoms with E-state index in [1.165, 1.54) is 4.90 Å². The molecule has 1 saturated heterocycles. The molecule has 7 nitrogen and oxygen atoms in total. The van der Waals surface area contributed by atoms with Crippen LogP contribution in [0.2, 0.25) is 5.02 Å². The summed E-state index contributed by atoms with van der Waals surface area (Å²) in [5, 5.41) is 4.11. The third-order valence-electron chi connectivity index (χ3n) is 5.16. The van der Waals surface area contributed by atoms with Gasteiger partial charge < -0.3 is 15.1 Å². The topological polar surface area (TPSA) is 82.6 Å². The predicted molar refractivity (Wildman–Crippen MR) is 105 cm³/mol. The Bertz CT molecular complexity index is 965. The third kappa shape index (κ3) is 3.80. The van der Waals surface area contributed by atoms with Gasteiger partial charge >= 0.3 is 11.8 Å². The van der Waals surface area contributed by atoms with E-state index in [0.29, 0.717) is 42.5 Å². The maximum absolute atomic E-state index is 13.0. The fourth-order valence-corrected chi connectivity index (χ4v) is 3.54. The molecule has 2 fully saturated rings. The number of benzene rings is 1. The lowest BCUT2D eigenvalue weighted by atomic mass is 10.1. The van der Waals surface area contributed by atoms with Crippen molar-refractivity contribution in [1.29, 1.82) is 0 Å². The highest BCUT2D eigenvalue weighted by Crippen LogP contribution is 2.22. The number of pyridine rings is 1. The number of carbonyl (C=O) groups is 3. The number of fused-ring (bicyclic) bond motifs is 1. The normalized spacial score (nSPS) is 16.9. The second-order valence-corrected chi connectivity index (χ2v) is 7.73. The van der Waals surface area contributed by atoms with Crippen LogP contribution in [0.25, 0.3) is 10.9 Å². The molecule has 2 aromatic rings. The zero-order valence-corrected chi connectivity index (χ0v) is 16.3. The first-order valence-corrected chi connectivity index (χ1v) is 9.76. The highest BCUT2D eigenvalue weighted by Gasteiger charge is 2.32. The molecule has 0 spiro atoms. The van der Waals surface area contributed by atoms with Crippen molar-refractivity contribution in [2.45, 2.75) is 25.8 Å². The van der Waals surface area contributed by atoms with Gasteiger partial charge in [0.25, 0.3) is 5.91 Å². The fourth-order valence-electron chi connectivity index (χ4n) is 3.36. The van der Waals surface area contributed by atoms with Crippen molar-refractivity contribution in [3.63, 3.8) is 0 Å². The van der Waals surface area contributed by atoms with Crippen LogP contribution in [0.1, 0.15) is 28.9 Å². The number of piperazine rings is 1. The average molecular weight is 401 g/mol. The summed E-state index contributed by atoms with van der Waals surface area (Å²) in [6.45, 7) is 3.26. The molecule has 1 aromatic carbocycles. The highest BCUT2D eigenvalue weighted by molar-refractivity contribution is 6.35. The summed E-state index contributed by atoms with van der Waals surface area (Å²) in [5.41, 5.74) is 1.97. The Balaban J connectivity index is 1.43. The van der Waals surface area contributed by atoms with Gasteiger partial charge in [0.05, 0.1) is 16.8 Å². The van der Waals surface area contributed by atoms with Gasteiger partial charge in [0.1, 0.15) is 0 Å². The van der Waals surface area contributed by atoms with Gasteiger partial charge in [-0.1, -0.05) is 11.6 Å². The smallest absolute Gasteiger partial charge is 0.312 e. The van der Waals surface area contributed by atoms with E-state index in [2.05, 4.69) is 10.3 Å². The minimum Gasteiger partial charge on any atom is -0.345 e. The minimum absolute atomic E-state index is 0.124. The molecule has 0 bridgehead atoms. The second kappa shape index (κ2) is 7.39. The van der Waals surface area contributed by atoms with Gasteiger partial charge in [-0.05, 0) is 44.0 Å². The van der Waals surface area contributed by atoms with E-state index in [4.69, 9.17) is 11.6 Å². The molecule has 1 saturated carbocycles. The number of amides is 3. The number of aromatic nitrogens is 1. The molecule has 28 heavy (non-hydrogen) atoms. The lowest BCUT2D eigenvalue weighted by Crippen LogP contribution is -2.54. The fraction of sp³-hybridized carbons (Fsp3) is 0.400. The van der Waals surface area contributed by atoms with Gasteiger partial charge in [-0.2, -0.15) is 0 Å². The summed E-state index contributed by atoms with van der Waals surface area (Å²) >= 11 is 6.05. The number of hydrogen-bond donors (Lipinski definition) is 1. The first-order chi connectivity index (χ1) is 13.4. The van der Waals surface area contributed by atoms with Crippen molar-refractivity contribution < 1.29 is 14.4 Å². The van der Waals surface area contributed by atoms with Crippen LogP contribution < -0.4 is 5.32 Å². The molecule has 0 radical (unpaired) electrons. The monoisotopic (exact) mass is 400 g/mol.